The number of anilines is 1. The minimum atomic E-state index is -0.247. The zero-order valence-electron chi connectivity index (χ0n) is 15.3. The molecule has 4 rings (SSSR count). The molecular weight excluding hydrogens is 463 g/mol. The Morgan fingerprint density at radius 2 is 2.00 bits per heavy atom. The summed E-state index contributed by atoms with van der Waals surface area (Å²) in [6.07, 6.45) is 0.0573. The minimum absolute atomic E-state index is 0.0573. The predicted octanol–water partition coefficient (Wildman–Crippen LogP) is 5.08. The summed E-state index contributed by atoms with van der Waals surface area (Å²) in [5.41, 5.74) is 2.18. The minimum Gasteiger partial charge on any atom is -0.312 e. The van der Waals surface area contributed by atoms with Crippen molar-refractivity contribution in [1.82, 2.24) is 10.3 Å². The maximum Gasteiger partial charge on any atom is 0.255 e. The van der Waals surface area contributed by atoms with E-state index in [1.165, 1.54) is 28.1 Å². The van der Waals surface area contributed by atoms with Crippen LogP contribution in [0.1, 0.15) is 6.42 Å². The summed E-state index contributed by atoms with van der Waals surface area (Å²) in [6.45, 7) is 0. The van der Waals surface area contributed by atoms with Gasteiger partial charge in [0.1, 0.15) is 5.84 Å². The van der Waals surface area contributed by atoms with Gasteiger partial charge in [-0.15, -0.1) is 11.3 Å². The van der Waals surface area contributed by atoms with Crippen LogP contribution in [0.5, 0.6) is 0 Å². The summed E-state index contributed by atoms with van der Waals surface area (Å²) in [7, 11) is 0. The van der Waals surface area contributed by atoms with E-state index in [9.17, 15) is 9.59 Å². The molecule has 0 bridgehead atoms. The molecule has 0 fully saturated rings. The molecule has 2 amide bonds. The monoisotopic (exact) mass is 476 g/mol. The van der Waals surface area contributed by atoms with Crippen LogP contribution in [0.15, 0.2) is 63.4 Å². The number of benzene rings is 2. The van der Waals surface area contributed by atoms with Crippen LogP contribution in [0, 0.1) is 0 Å². The van der Waals surface area contributed by atoms with E-state index in [2.05, 4.69) is 15.4 Å². The van der Waals surface area contributed by atoms with E-state index < -0.39 is 0 Å². The highest BCUT2D eigenvalue weighted by Gasteiger charge is 2.26. The molecular formula is C20H14Cl2N4O2S2. The summed E-state index contributed by atoms with van der Waals surface area (Å²) in [4.78, 5) is 29.0. The number of nitrogens with one attached hydrogen (secondary N) is 1. The average molecular weight is 477 g/mol. The van der Waals surface area contributed by atoms with Gasteiger partial charge in [-0.1, -0.05) is 53.2 Å². The van der Waals surface area contributed by atoms with Crippen molar-refractivity contribution < 1.29 is 9.59 Å². The first-order chi connectivity index (χ1) is 14.5. The Morgan fingerprint density at radius 3 is 2.77 bits per heavy atom. The average Bonchev–Trinajstić information content (AvgIpc) is 3.33. The number of para-hydroxylation sites is 1. The third kappa shape index (κ3) is 4.84. The molecule has 0 radical (unpaired) electrons. The second kappa shape index (κ2) is 9.18. The summed E-state index contributed by atoms with van der Waals surface area (Å²) < 4.78 is 0.738. The summed E-state index contributed by atoms with van der Waals surface area (Å²) >= 11 is 14.9. The summed E-state index contributed by atoms with van der Waals surface area (Å²) in [5.74, 6) is 0.0540. The molecule has 1 aromatic heterocycles. The third-order valence-corrected chi connectivity index (χ3v) is 6.65. The number of thiazole rings is 1. The Bertz CT molecular complexity index is 1130. The molecule has 152 valence electrons. The molecule has 0 unspecified atom stereocenters. The number of carbonyl (C=O) groups excluding carboxylic acids is 2. The van der Waals surface area contributed by atoms with E-state index in [1.807, 2.05) is 29.6 Å². The molecule has 3 aromatic rings. The van der Waals surface area contributed by atoms with Crippen LogP contribution >= 0.6 is 46.3 Å². The van der Waals surface area contributed by atoms with Crippen molar-refractivity contribution in [2.24, 2.45) is 5.10 Å². The number of amidine groups is 1. The second-order valence-corrected chi connectivity index (χ2v) is 9.15. The van der Waals surface area contributed by atoms with Gasteiger partial charge in [-0.25, -0.2) is 4.98 Å². The first kappa shape index (κ1) is 20.9. The number of amides is 2. The van der Waals surface area contributed by atoms with Crippen LogP contribution in [-0.4, -0.2) is 28.4 Å². The van der Waals surface area contributed by atoms with Gasteiger partial charge in [0.2, 0.25) is 5.91 Å². The van der Waals surface area contributed by atoms with E-state index in [0.717, 1.165) is 15.6 Å². The molecule has 10 heteroatoms. The number of carbonyl (C=O) groups is 2. The topological polar surface area (TPSA) is 74.7 Å². The van der Waals surface area contributed by atoms with Gasteiger partial charge in [0.05, 0.1) is 28.6 Å². The molecule has 0 atom stereocenters. The Kier molecular flexibility index (Phi) is 6.38. The van der Waals surface area contributed by atoms with Gasteiger partial charge in [-0.2, -0.15) is 10.1 Å². The lowest BCUT2D eigenvalue weighted by Crippen LogP contribution is -2.31. The highest BCUT2D eigenvalue weighted by Crippen LogP contribution is 2.33. The van der Waals surface area contributed by atoms with Crippen LogP contribution < -0.4 is 10.3 Å². The van der Waals surface area contributed by atoms with Gasteiger partial charge in [0, 0.05) is 16.0 Å². The summed E-state index contributed by atoms with van der Waals surface area (Å²) in [6, 6.07) is 14.3. The maximum absolute atomic E-state index is 12.3. The Balaban J connectivity index is 1.34. The predicted molar refractivity (Wildman–Crippen MR) is 122 cm³/mol. The number of hydrazone groups is 1. The fourth-order valence-corrected chi connectivity index (χ4v) is 4.87. The number of aromatic nitrogens is 1. The Hall–Kier alpha value is -2.39. The normalized spacial score (nSPS) is 13.5. The van der Waals surface area contributed by atoms with Crippen molar-refractivity contribution in [3.05, 3.63) is 64.0 Å². The van der Waals surface area contributed by atoms with Crippen molar-refractivity contribution in [1.29, 1.82) is 0 Å². The SMILES string of the molecule is O=C(CSc1nc(-c2ccc(Cl)cc2Cl)cs1)NC1=NN(c2ccccc2)C(=O)C1. The van der Waals surface area contributed by atoms with Crippen molar-refractivity contribution in [3.8, 4) is 11.3 Å². The van der Waals surface area contributed by atoms with Crippen LogP contribution in [0.4, 0.5) is 5.69 Å². The third-order valence-electron chi connectivity index (χ3n) is 4.08. The number of rotatable bonds is 5. The second-order valence-electron chi connectivity index (χ2n) is 6.22. The zero-order chi connectivity index (χ0) is 21.1. The van der Waals surface area contributed by atoms with Crippen LogP contribution in [-0.2, 0) is 9.59 Å². The fourth-order valence-electron chi connectivity index (χ4n) is 2.74. The van der Waals surface area contributed by atoms with E-state index >= 15 is 0 Å². The number of thioether (sulfide) groups is 1. The number of hydrogen-bond donors (Lipinski definition) is 1. The lowest BCUT2D eigenvalue weighted by molar-refractivity contribution is -0.117. The van der Waals surface area contributed by atoms with Gasteiger partial charge in [0.25, 0.3) is 5.91 Å². The number of halogens is 2. The summed E-state index contributed by atoms with van der Waals surface area (Å²) in [5, 5.41) is 11.2. The Labute approximate surface area is 190 Å². The number of nitrogens with zero attached hydrogens (tertiary/aromatic N) is 3. The van der Waals surface area contributed by atoms with Crippen molar-refractivity contribution in [2.75, 3.05) is 10.8 Å². The lowest BCUT2D eigenvalue weighted by atomic mass is 10.2. The molecule has 0 spiro atoms. The Morgan fingerprint density at radius 1 is 1.20 bits per heavy atom. The van der Waals surface area contributed by atoms with Gasteiger partial charge in [0.15, 0.2) is 4.34 Å². The van der Waals surface area contributed by atoms with E-state index in [1.54, 1.807) is 24.3 Å². The van der Waals surface area contributed by atoms with Gasteiger partial charge in [-0.3, -0.25) is 9.59 Å². The van der Waals surface area contributed by atoms with Crippen LogP contribution in [0.2, 0.25) is 10.0 Å². The molecule has 30 heavy (non-hydrogen) atoms. The molecule has 6 nitrogen and oxygen atoms in total. The van der Waals surface area contributed by atoms with Crippen LogP contribution in [0.3, 0.4) is 0 Å². The zero-order valence-corrected chi connectivity index (χ0v) is 18.5. The molecule has 2 heterocycles. The van der Waals surface area contributed by atoms with Crippen molar-refractivity contribution in [2.45, 2.75) is 10.8 Å². The largest absolute Gasteiger partial charge is 0.312 e. The van der Waals surface area contributed by atoms with E-state index in [4.69, 9.17) is 23.2 Å². The van der Waals surface area contributed by atoms with E-state index in [-0.39, 0.29) is 24.0 Å². The molecule has 0 saturated heterocycles. The molecule has 2 aromatic carbocycles. The smallest absolute Gasteiger partial charge is 0.255 e. The van der Waals surface area contributed by atoms with Crippen molar-refractivity contribution >= 4 is 69.6 Å². The molecule has 1 N–H and O–H groups in total. The highest BCUT2D eigenvalue weighted by atomic mass is 35.5. The van der Waals surface area contributed by atoms with Crippen molar-refractivity contribution in [3.63, 3.8) is 0 Å². The maximum atomic E-state index is 12.3. The molecule has 0 saturated carbocycles. The van der Waals surface area contributed by atoms with E-state index in [0.29, 0.717) is 21.6 Å². The quantitative estimate of drug-likeness (QED) is 0.521. The standard InChI is InChI=1S/C20H14Cl2N4O2S2/c21-12-6-7-14(15(22)8-12)16-10-29-20(23-16)30-11-18(27)24-17-9-19(28)26(25-17)13-4-2-1-3-5-13/h1-8,10H,9,11H2,(H,24,25,27). The van der Waals surface area contributed by atoms with Gasteiger partial charge < -0.3 is 5.32 Å². The first-order valence-corrected chi connectivity index (χ1v) is 11.4. The fraction of sp³-hybridized carbons (Fsp3) is 0.100. The molecule has 1 aliphatic rings. The highest BCUT2D eigenvalue weighted by molar-refractivity contribution is 8.01. The van der Waals surface area contributed by atoms with Crippen LogP contribution in [0.25, 0.3) is 11.3 Å². The van der Waals surface area contributed by atoms with Gasteiger partial charge in [-0.05, 0) is 30.3 Å². The molecule has 1 aliphatic heterocycles. The van der Waals surface area contributed by atoms with Gasteiger partial charge >= 0.3 is 0 Å². The molecule has 0 aliphatic carbocycles. The number of hydrogen-bond acceptors (Lipinski definition) is 6. The lowest BCUT2D eigenvalue weighted by Gasteiger charge is -2.10. The first-order valence-electron chi connectivity index (χ1n) is 8.78.